The molecule has 1 fully saturated rings. The minimum Gasteiger partial charge on any atom is -0.0816 e. The van der Waals surface area contributed by atoms with E-state index in [-0.39, 0.29) is 0 Å². The largest absolute Gasteiger partial charge is 0.0816 e. The van der Waals surface area contributed by atoms with E-state index in [1.54, 1.807) is 0 Å². The summed E-state index contributed by atoms with van der Waals surface area (Å²) in [5.74, 6) is 1.44. The lowest BCUT2D eigenvalue weighted by molar-refractivity contribution is 0.592. The maximum Gasteiger partial charge on any atom is -0.00364 e. The summed E-state index contributed by atoms with van der Waals surface area (Å²) >= 11 is 0. The summed E-state index contributed by atoms with van der Waals surface area (Å²) in [7, 11) is 0. The molecule has 80 valence electrons. The summed E-state index contributed by atoms with van der Waals surface area (Å²) < 4.78 is 0. The van der Waals surface area contributed by atoms with Crippen molar-refractivity contribution < 1.29 is 0 Å². The van der Waals surface area contributed by atoms with Gasteiger partial charge >= 0.3 is 0 Å². The van der Waals surface area contributed by atoms with Gasteiger partial charge in [-0.3, -0.25) is 0 Å². The molecule has 0 amide bonds. The van der Waals surface area contributed by atoms with Gasteiger partial charge in [0, 0.05) is 0 Å². The third-order valence-corrected chi connectivity index (χ3v) is 3.58. The second kappa shape index (κ2) is 3.52. The molecule has 0 bridgehead atoms. The molecule has 15 heavy (non-hydrogen) atoms. The third kappa shape index (κ3) is 1.86. The predicted octanol–water partition coefficient (Wildman–Crippen LogP) is 4.39. The van der Waals surface area contributed by atoms with Crippen molar-refractivity contribution in [3.63, 3.8) is 0 Å². The van der Waals surface area contributed by atoms with Crippen LogP contribution in [0.15, 0.2) is 42.0 Å². The van der Waals surface area contributed by atoms with E-state index in [1.165, 1.54) is 11.1 Å². The third-order valence-electron chi connectivity index (χ3n) is 3.58. The van der Waals surface area contributed by atoms with E-state index in [4.69, 9.17) is 0 Å². The summed E-state index contributed by atoms with van der Waals surface area (Å²) in [5, 5.41) is 0. The van der Waals surface area contributed by atoms with Gasteiger partial charge in [0.25, 0.3) is 0 Å². The molecule has 0 nitrogen and oxygen atoms in total. The minimum absolute atomic E-state index is 0.443. The molecular formula is C15H20. The fourth-order valence-corrected chi connectivity index (χ4v) is 2.64. The molecule has 2 rings (SSSR count). The monoisotopic (exact) mass is 200 g/mol. The van der Waals surface area contributed by atoms with Crippen molar-refractivity contribution in [2.45, 2.75) is 33.6 Å². The quantitative estimate of drug-likeness (QED) is 0.621. The smallest absolute Gasteiger partial charge is 0.00364 e. The Bertz CT molecular complexity index is 366. The standard InChI is InChI=1S/C15H20/c1-11(2)10-13-14(15(13,3)4)12-8-6-5-7-9-12/h5-10,13-14H,1-4H3/t13-,14-/m0/s1. The Morgan fingerprint density at radius 3 is 2.27 bits per heavy atom. The van der Waals surface area contributed by atoms with Gasteiger partial charge in [-0.25, -0.2) is 0 Å². The van der Waals surface area contributed by atoms with E-state index in [0.717, 1.165) is 5.92 Å². The molecule has 2 atom stereocenters. The molecule has 1 aromatic carbocycles. The van der Waals surface area contributed by atoms with Gasteiger partial charge in [0.15, 0.2) is 0 Å². The first-order chi connectivity index (χ1) is 7.03. The molecule has 0 aliphatic heterocycles. The van der Waals surface area contributed by atoms with Gasteiger partial charge in [0.1, 0.15) is 0 Å². The topological polar surface area (TPSA) is 0 Å². The van der Waals surface area contributed by atoms with Gasteiger partial charge in [0.2, 0.25) is 0 Å². The van der Waals surface area contributed by atoms with Crippen LogP contribution in [0.3, 0.4) is 0 Å². The Morgan fingerprint density at radius 1 is 1.13 bits per heavy atom. The van der Waals surface area contributed by atoms with E-state index in [2.05, 4.69) is 64.1 Å². The van der Waals surface area contributed by atoms with Gasteiger partial charge < -0.3 is 0 Å². The molecule has 0 saturated heterocycles. The zero-order valence-corrected chi connectivity index (χ0v) is 10.1. The molecule has 0 radical (unpaired) electrons. The van der Waals surface area contributed by atoms with Crippen molar-refractivity contribution >= 4 is 0 Å². The van der Waals surface area contributed by atoms with Crippen LogP contribution in [0.2, 0.25) is 0 Å². The summed E-state index contributed by atoms with van der Waals surface area (Å²) in [6.07, 6.45) is 2.43. The van der Waals surface area contributed by atoms with E-state index in [1.807, 2.05) is 0 Å². The van der Waals surface area contributed by atoms with Crippen LogP contribution < -0.4 is 0 Å². The molecule has 1 aromatic rings. The zero-order valence-electron chi connectivity index (χ0n) is 10.1. The molecule has 0 heteroatoms. The molecule has 0 aromatic heterocycles. The van der Waals surface area contributed by atoms with Crippen molar-refractivity contribution in [3.05, 3.63) is 47.5 Å². The van der Waals surface area contributed by atoms with Crippen LogP contribution in [-0.2, 0) is 0 Å². The van der Waals surface area contributed by atoms with Gasteiger partial charge in [0.05, 0.1) is 0 Å². The highest BCUT2D eigenvalue weighted by Crippen LogP contribution is 2.65. The summed E-state index contributed by atoms with van der Waals surface area (Å²) in [6.45, 7) is 9.12. The summed E-state index contributed by atoms with van der Waals surface area (Å²) in [6, 6.07) is 10.9. The average molecular weight is 200 g/mol. The zero-order chi connectivity index (χ0) is 11.1. The van der Waals surface area contributed by atoms with Crippen molar-refractivity contribution in [1.29, 1.82) is 0 Å². The van der Waals surface area contributed by atoms with Crippen LogP contribution in [0.4, 0.5) is 0 Å². The molecule has 1 aliphatic rings. The fraction of sp³-hybridized carbons (Fsp3) is 0.467. The normalized spacial score (nSPS) is 27.2. The fourth-order valence-electron chi connectivity index (χ4n) is 2.64. The average Bonchev–Trinajstić information content (AvgIpc) is 2.68. The number of rotatable bonds is 2. The maximum absolute atomic E-state index is 2.43. The Labute approximate surface area is 93.0 Å². The lowest BCUT2D eigenvalue weighted by Crippen LogP contribution is -1.89. The van der Waals surface area contributed by atoms with Crippen molar-refractivity contribution in [2.24, 2.45) is 11.3 Å². The number of benzene rings is 1. The van der Waals surface area contributed by atoms with Crippen molar-refractivity contribution in [3.8, 4) is 0 Å². The first-order valence-electron chi connectivity index (χ1n) is 5.73. The highest BCUT2D eigenvalue weighted by molar-refractivity contribution is 5.35. The van der Waals surface area contributed by atoms with Crippen LogP contribution in [0.1, 0.15) is 39.2 Å². The van der Waals surface area contributed by atoms with E-state index < -0.39 is 0 Å². The molecule has 1 saturated carbocycles. The van der Waals surface area contributed by atoms with Crippen LogP contribution in [0, 0.1) is 11.3 Å². The molecule has 0 spiro atoms. The van der Waals surface area contributed by atoms with E-state index in [0.29, 0.717) is 11.3 Å². The first-order valence-corrected chi connectivity index (χ1v) is 5.73. The number of hydrogen-bond acceptors (Lipinski definition) is 0. The predicted molar refractivity (Wildman–Crippen MR) is 65.9 cm³/mol. The lowest BCUT2D eigenvalue weighted by Gasteiger charge is -2.01. The van der Waals surface area contributed by atoms with E-state index >= 15 is 0 Å². The Morgan fingerprint density at radius 2 is 1.73 bits per heavy atom. The Balaban J connectivity index is 2.24. The van der Waals surface area contributed by atoms with Gasteiger partial charge in [-0.1, -0.05) is 55.8 Å². The van der Waals surface area contributed by atoms with Crippen molar-refractivity contribution in [2.75, 3.05) is 0 Å². The molecule has 1 aliphatic carbocycles. The maximum atomic E-state index is 2.43. The SMILES string of the molecule is CC(C)=C[C@H]1[C@H](c2ccccc2)C1(C)C. The molecular weight excluding hydrogens is 180 g/mol. The van der Waals surface area contributed by atoms with Crippen LogP contribution >= 0.6 is 0 Å². The van der Waals surface area contributed by atoms with E-state index in [9.17, 15) is 0 Å². The van der Waals surface area contributed by atoms with Gasteiger partial charge in [-0.05, 0) is 36.7 Å². The van der Waals surface area contributed by atoms with Gasteiger partial charge in [-0.2, -0.15) is 0 Å². The Hall–Kier alpha value is -1.04. The van der Waals surface area contributed by atoms with Gasteiger partial charge in [-0.15, -0.1) is 0 Å². The second-order valence-corrected chi connectivity index (χ2v) is 5.48. The number of allylic oxidation sites excluding steroid dienone is 2. The highest BCUT2D eigenvalue weighted by atomic mass is 14.6. The second-order valence-electron chi connectivity index (χ2n) is 5.48. The van der Waals surface area contributed by atoms with Crippen LogP contribution in [0.5, 0.6) is 0 Å². The molecule has 0 N–H and O–H groups in total. The van der Waals surface area contributed by atoms with Crippen LogP contribution in [-0.4, -0.2) is 0 Å². The lowest BCUT2D eigenvalue weighted by atomic mass is 10.0. The molecule has 0 unspecified atom stereocenters. The summed E-state index contributed by atoms with van der Waals surface area (Å²) in [4.78, 5) is 0. The van der Waals surface area contributed by atoms with Crippen molar-refractivity contribution in [1.82, 2.24) is 0 Å². The number of hydrogen-bond donors (Lipinski definition) is 0. The first kappa shape index (κ1) is 10.5. The highest BCUT2D eigenvalue weighted by Gasteiger charge is 2.56. The van der Waals surface area contributed by atoms with Crippen LogP contribution in [0.25, 0.3) is 0 Å². The minimum atomic E-state index is 0.443. The molecule has 0 heterocycles. The summed E-state index contributed by atoms with van der Waals surface area (Å²) in [5.41, 5.74) is 3.37. The Kier molecular flexibility index (Phi) is 2.46.